The highest BCUT2D eigenvalue weighted by molar-refractivity contribution is 7.89. The summed E-state index contributed by atoms with van der Waals surface area (Å²) in [6, 6.07) is 23.3. The van der Waals surface area contributed by atoms with E-state index in [2.05, 4.69) is 49.9 Å². The number of rotatable bonds is 26. The highest BCUT2D eigenvalue weighted by Gasteiger charge is 2.30. The van der Waals surface area contributed by atoms with E-state index in [1.165, 1.54) is 28.1 Å². The Labute approximate surface area is 460 Å². The van der Waals surface area contributed by atoms with E-state index in [1.807, 2.05) is 60.9 Å². The van der Waals surface area contributed by atoms with Crippen molar-refractivity contribution in [3.05, 3.63) is 108 Å². The van der Waals surface area contributed by atoms with Gasteiger partial charge in [-0.25, -0.2) is 17.7 Å². The summed E-state index contributed by atoms with van der Waals surface area (Å²) in [6.45, 7) is 6.97. The third kappa shape index (κ3) is 15.3. The standard InChI is InChI=1S/C58H71F3N10O7S/c1-40-56(41(2)78-67-40)43-32-49(62)57-53(33-43)70(39-65-57)36-42-15-12-17-46(31-42)77-37-55(72)64-24-8-6-10-29-76-30-11-7-9-26-69(4)79(73,74)47-20-21-51(54(35-47)75-5)63-25-14-16-45-34-48-50(66-44-22-27-68(3)28-23-44)18-13-19-52(48)71(45)38-58(59,60)61/h12-13,15,17-21,31-35,39,44,63,66H,6-11,22-30,36-38,62H2,1-5H3,(H,64,72). The molecule has 7 aromatic rings. The van der Waals surface area contributed by atoms with Gasteiger partial charge in [0.25, 0.3) is 5.91 Å². The van der Waals surface area contributed by atoms with Crippen molar-refractivity contribution in [2.24, 2.45) is 0 Å². The molecule has 5 N–H and O–H groups in total. The second-order valence-electron chi connectivity index (χ2n) is 20.1. The molecule has 0 bridgehead atoms. The third-order valence-electron chi connectivity index (χ3n) is 14.1. The number of carbonyl (C=O) groups is 1. The molecule has 0 atom stereocenters. The SMILES string of the molecule is COc1cc(S(=O)(=O)N(C)CCCCCOCCCCCNC(=O)COc2cccc(Cn3cnc4c(N)cc(-c5c(C)noc5C)cc43)c2)ccc1NCC#Cc1cc2c(NC3CCN(C)CC3)cccc2n1CC(F)(F)F. The number of aromatic nitrogens is 4. The van der Waals surface area contributed by atoms with Crippen molar-refractivity contribution >= 4 is 54.9 Å². The second-order valence-corrected chi connectivity index (χ2v) is 22.1. The molecule has 0 spiro atoms. The first-order valence-corrected chi connectivity index (χ1v) is 28.2. The van der Waals surface area contributed by atoms with Crippen molar-refractivity contribution in [2.45, 2.75) is 95.4 Å². The Morgan fingerprint density at radius 2 is 1.71 bits per heavy atom. The Kier molecular flexibility index (Phi) is 19.5. The predicted molar refractivity (Wildman–Crippen MR) is 302 cm³/mol. The van der Waals surface area contributed by atoms with E-state index in [4.69, 9.17) is 24.5 Å². The van der Waals surface area contributed by atoms with Crippen molar-refractivity contribution in [1.82, 2.24) is 33.8 Å². The molecule has 1 saturated heterocycles. The zero-order valence-electron chi connectivity index (χ0n) is 45.5. The van der Waals surface area contributed by atoms with Crippen LogP contribution >= 0.6 is 0 Å². The minimum Gasteiger partial charge on any atom is -0.495 e. The number of unbranched alkanes of at least 4 members (excludes halogenated alkanes) is 4. The highest BCUT2D eigenvalue weighted by atomic mass is 32.2. The molecule has 0 unspecified atom stereocenters. The lowest BCUT2D eigenvalue weighted by Crippen LogP contribution is -2.36. The molecular formula is C58H71F3N10O7S. The minimum absolute atomic E-state index is 0.0645. The van der Waals surface area contributed by atoms with E-state index in [1.54, 1.807) is 37.6 Å². The van der Waals surface area contributed by atoms with Gasteiger partial charge < -0.3 is 54.5 Å². The lowest BCUT2D eigenvalue weighted by molar-refractivity contribution is -0.140. The fourth-order valence-electron chi connectivity index (χ4n) is 9.83. The van der Waals surface area contributed by atoms with Gasteiger partial charge in [-0.05, 0) is 157 Å². The van der Waals surface area contributed by atoms with Gasteiger partial charge in [0.05, 0.1) is 58.7 Å². The summed E-state index contributed by atoms with van der Waals surface area (Å²) in [7, 11) is 1.22. The first-order valence-electron chi connectivity index (χ1n) is 26.7. The number of methoxy groups -OCH3 is 1. The number of carbonyl (C=O) groups excluding carboxylic acids is 1. The first-order chi connectivity index (χ1) is 38.0. The van der Waals surface area contributed by atoms with E-state index in [0.717, 1.165) is 97.4 Å². The largest absolute Gasteiger partial charge is 0.495 e. The number of aryl methyl sites for hydroxylation is 2. The molecule has 422 valence electrons. The van der Waals surface area contributed by atoms with Crippen LogP contribution in [0.25, 0.3) is 33.1 Å². The topological polar surface area (TPSA) is 196 Å². The van der Waals surface area contributed by atoms with Crippen molar-refractivity contribution in [1.29, 1.82) is 0 Å². The number of imidazole rings is 1. The van der Waals surface area contributed by atoms with E-state index in [-0.39, 0.29) is 41.4 Å². The maximum absolute atomic E-state index is 13.8. The Bertz CT molecular complexity index is 3360. The van der Waals surface area contributed by atoms with Crippen LogP contribution in [0.4, 0.5) is 30.2 Å². The summed E-state index contributed by atoms with van der Waals surface area (Å²) in [5.41, 5.74) is 14.1. The van der Waals surface area contributed by atoms with Gasteiger partial charge >= 0.3 is 6.18 Å². The van der Waals surface area contributed by atoms with Gasteiger partial charge in [0.1, 0.15) is 29.3 Å². The number of halogens is 3. The molecule has 0 aliphatic carbocycles. The Morgan fingerprint density at radius 1 is 0.937 bits per heavy atom. The molecule has 1 fully saturated rings. The molecule has 0 saturated carbocycles. The van der Waals surface area contributed by atoms with Crippen molar-refractivity contribution in [3.8, 4) is 34.5 Å². The molecular weight excluding hydrogens is 1040 g/mol. The average molecular weight is 1110 g/mol. The van der Waals surface area contributed by atoms with Crippen LogP contribution in [0.15, 0.2) is 94.6 Å². The summed E-state index contributed by atoms with van der Waals surface area (Å²) < 4.78 is 95.7. The van der Waals surface area contributed by atoms with Gasteiger partial charge in [-0.15, -0.1) is 0 Å². The number of alkyl halides is 3. The fourth-order valence-corrected chi connectivity index (χ4v) is 11.1. The lowest BCUT2D eigenvalue weighted by Gasteiger charge is -2.30. The van der Waals surface area contributed by atoms with E-state index < -0.39 is 22.7 Å². The number of nitrogens with two attached hydrogens (primary N) is 1. The number of hydrogen-bond donors (Lipinski definition) is 4. The van der Waals surface area contributed by atoms with E-state index in [0.29, 0.717) is 72.8 Å². The molecule has 79 heavy (non-hydrogen) atoms. The van der Waals surface area contributed by atoms with Gasteiger partial charge in [0, 0.05) is 68.6 Å². The smallest absolute Gasteiger partial charge is 0.406 e. The second kappa shape index (κ2) is 26.6. The Balaban J connectivity index is 0.697. The van der Waals surface area contributed by atoms with Gasteiger partial charge in [-0.3, -0.25) is 4.79 Å². The molecule has 1 aliphatic heterocycles. The molecule has 17 nitrogen and oxygen atoms in total. The number of hydrogen-bond acceptors (Lipinski definition) is 13. The zero-order chi connectivity index (χ0) is 56.1. The minimum atomic E-state index is -4.45. The van der Waals surface area contributed by atoms with Crippen LogP contribution in [0.5, 0.6) is 11.5 Å². The molecule has 3 aromatic heterocycles. The maximum Gasteiger partial charge on any atom is 0.406 e. The predicted octanol–water partition coefficient (Wildman–Crippen LogP) is 9.61. The molecule has 21 heteroatoms. The molecule has 1 aliphatic rings. The lowest BCUT2D eigenvalue weighted by atomic mass is 10.0. The van der Waals surface area contributed by atoms with E-state index in [9.17, 15) is 26.4 Å². The van der Waals surface area contributed by atoms with Crippen molar-refractivity contribution in [2.75, 3.05) is 90.1 Å². The Morgan fingerprint density at radius 3 is 2.46 bits per heavy atom. The van der Waals surface area contributed by atoms with Crippen LogP contribution in [0, 0.1) is 25.7 Å². The quantitative estimate of drug-likeness (QED) is 0.0228. The maximum atomic E-state index is 13.8. The molecule has 4 heterocycles. The summed E-state index contributed by atoms with van der Waals surface area (Å²) >= 11 is 0. The summed E-state index contributed by atoms with van der Waals surface area (Å²) in [5.74, 6) is 7.27. The Hall–Kier alpha value is -7.25. The van der Waals surface area contributed by atoms with Gasteiger partial charge in [0.2, 0.25) is 10.0 Å². The van der Waals surface area contributed by atoms with Crippen molar-refractivity contribution in [3.63, 3.8) is 0 Å². The van der Waals surface area contributed by atoms with Crippen LogP contribution in [-0.4, -0.2) is 129 Å². The highest BCUT2D eigenvalue weighted by Crippen LogP contribution is 2.35. The number of anilines is 3. The monoisotopic (exact) mass is 1110 g/mol. The number of amides is 1. The number of nitrogens with zero attached hydrogens (tertiary/aromatic N) is 6. The summed E-state index contributed by atoms with van der Waals surface area (Å²) in [5, 5.41) is 14.4. The van der Waals surface area contributed by atoms with Crippen LogP contribution in [0.1, 0.15) is 74.1 Å². The first kappa shape index (κ1) is 57.9. The number of sulfonamides is 1. The van der Waals surface area contributed by atoms with Crippen LogP contribution in [0.2, 0.25) is 0 Å². The number of piperidine rings is 1. The molecule has 0 radical (unpaired) electrons. The molecule has 4 aromatic carbocycles. The average Bonchev–Trinajstić information content (AvgIpc) is 4.34. The number of nitrogens with one attached hydrogen (secondary N) is 3. The van der Waals surface area contributed by atoms with Gasteiger partial charge in [-0.2, -0.15) is 13.2 Å². The van der Waals surface area contributed by atoms with Gasteiger partial charge in [-0.1, -0.05) is 29.3 Å². The molecule has 1 amide bonds. The summed E-state index contributed by atoms with van der Waals surface area (Å²) in [6.07, 6.45) is 3.93. The van der Waals surface area contributed by atoms with E-state index >= 15 is 0 Å². The van der Waals surface area contributed by atoms with Crippen molar-refractivity contribution < 1.29 is 45.1 Å². The number of fused-ring (bicyclic) bond motifs is 2. The number of nitrogen functional groups attached to an aromatic ring is 1. The number of likely N-dealkylation sites (tertiary alicyclic amines) is 1. The van der Waals surface area contributed by atoms with Crippen LogP contribution in [-0.2, 0) is 32.6 Å². The number of ether oxygens (including phenoxy) is 3. The van der Waals surface area contributed by atoms with Crippen LogP contribution < -0.4 is 31.2 Å². The van der Waals surface area contributed by atoms with Gasteiger partial charge in [0.15, 0.2) is 6.61 Å². The fraction of sp³-hybridized carbons (Fsp3) is 0.431. The summed E-state index contributed by atoms with van der Waals surface area (Å²) in [4.78, 5) is 19.5. The van der Waals surface area contributed by atoms with Crippen LogP contribution in [0.3, 0.4) is 0 Å². The normalized spacial score (nSPS) is 13.5. The number of benzene rings is 4. The third-order valence-corrected chi connectivity index (χ3v) is 15.9. The molecule has 8 rings (SSSR count). The zero-order valence-corrected chi connectivity index (χ0v) is 46.4.